The normalized spacial score (nSPS) is 11.9. The van der Waals surface area contributed by atoms with Gasteiger partial charge in [-0.1, -0.05) is 0 Å². The number of rotatable bonds is 6. The molecule has 21 heavy (non-hydrogen) atoms. The molecule has 7 heteroatoms. The zero-order valence-electron chi connectivity index (χ0n) is 11.5. The quantitative estimate of drug-likeness (QED) is 0.647. The van der Waals surface area contributed by atoms with Gasteiger partial charge >= 0.3 is 12.3 Å². The minimum Gasteiger partial charge on any atom is -0.491 e. The molecule has 0 aliphatic carbocycles. The van der Waals surface area contributed by atoms with Crippen LogP contribution in [0.5, 0.6) is 5.75 Å². The van der Waals surface area contributed by atoms with Gasteiger partial charge in [0.25, 0.3) is 0 Å². The third-order valence-corrected chi connectivity index (χ3v) is 2.50. The van der Waals surface area contributed by atoms with Gasteiger partial charge in [-0.2, -0.15) is 0 Å². The Morgan fingerprint density at radius 1 is 1.24 bits per heavy atom. The first-order valence-electron chi connectivity index (χ1n) is 6.05. The summed E-state index contributed by atoms with van der Waals surface area (Å²) in [6.45, 7) is 2.63. The Kier molecular flexibility index (Phi) is 5.78. The van der Waals surface area contributed by atoms with Gasteiger partial charge < -0.3 is 9.84 Å². The molecular formula is C14H15F3O4. The molecule has 1 N–H and O–H groups in total. The fourth-order valence-corrected chi connectivity index (χ4v) is 1.78. The van der Waals surface area contributed by atoms with Crippen LogP contribution in [0.4, 0.5) is 13.2 Å². The molecule has 0 aliphatic heterocycles. The van der Waals surface area contributed by atoms with Gasteiger partial charge in [0.15, 0.2) is 0 Å². The van der Waals surface area contributed by atoms with E-state index in [0.29, 0.717) is 22.4 Å². The summed E-state index contributed by atoms with van der Waals surface area (Å²) in [6, 6.07) is 3.37. The highest BCUT2D eigenvalue weighted by molar-refractivity contribution is 5.85. The van der Waals surface area contributed by atoms with E-state index in [1.54, 1.807) is 26.0 Å². The third kappa shape index (κ3) is 6.31. The van der Waals surface area contributed by atoms with E-state index in [9.17, 15) is 18.0 Å². The van der Waals surface area contributed by atoms with Crippen molar-refractivity contribution < 1.29 is 32.5 Å². The second-order valence-electron chi connectivity index (χ2n) is 4.30. The van der Waals surface area contributed by atoms with E-state index < -0.39 is 18.9 Å². The van der Waals surface area contributed by atoms with Crippen molar-refractivity contribution in [3.05, 3.63) is 34.9 Å². The van der Waals surface area contributed by atoms with Crippen LogP contribution in [-0.4, -0.2) is 30.7 Å². The minimum atomic E-state index is -4.67. The van der Waals surface area contributed by atoms with Crippen LogP contribution in [0.1, 0.15) is 16.7 Å². The highest BCUT2D eigenvalue weighted by atomic mass is 19.4. The number of benzene rings is 1. The number of carboxylic acids is 1. The number of hydrogen-bond acceptors (Lipinski definition) is 3. The van der Waals surface area contributed by atoms with E-state index in [4.69, 9.17) is 9.84 Å². The Balaban J connectivity index is 2.70. The Bertz CT molecular complexity index is 513. The molecule has 0 atom stereocenters. The van der Waals surface area contributed by atoms with Crippen LogP contribution < -0.4 is 4.74 Å². The molecule has 0 radical (unpaired) electrons. The summed E-state index contributed by atoms with van der Waals surface area (Å²) in [5, 5.41) is 8.56. The van der Waals surface area contributed by atoms with Crippen LogP contribution in [0.2, 0.25) is 0 Å². The topological polar surface area (TPSA) is 55.8 Å². The maximum atomic E-state index is 11.8. The average Bonchev–Trinajstić information content (AvgIpc) is 2.33. The molecule has 0 heterocycles. The van der Waals surface area contributed by atoms with Gasteiger partial charge in [-0.25, -0.2) is 4.79 Å². The van der Waals surface area contributed by atoms with E-state index >= 15 is 0 Å². The molecule has 4 nitrogen and oxygen atoms in total. The number of carbonyl (C=O) groups is 1. The van der Waals surface area contributed by atoms with Crippen LogP contribution in [0.3, 0.4) is 0 Å². The standard InChI is InChI=1S/C14H15F3O4/c1-9-7-11(3-4-12(18)19)8-10(2)13(9)20-5-6-21-14(15,16)17/h3-4,7-8H,5-6H2,1-2H3,(H,18,19). The van der Waals surface area contributed by atoms with E-state index in [0.717, 1.165) is 6.08 Å². The number of carboxylic acid groups (broad SMARTS) is 1. The molecule has 0 aliphatic rings. The predicted octanol–water partition coefficient (Wildman–Crippen LogP) is 3.32. The molecule has 0 bridgehead atoms. The Morgan fingerprint density at radius 2 is 1.81 bits per heavy atom. The smallest absolute Gasteiger partial charge is 0.491 e. The van der Waals surface area contributed by atoms with Crippen molar-refractivity contribution in [3.63, 3.8) is 0 Å². The first kappa shape index (κ1) is 17.0. The maximum Gasteiger partial charge on any atom is 0.522 e. The molecule has 1 rings (SSSR count). The number of aryl methyl sites for hydroxylation is 2. The first-order valence-corrected chi connectivity index (χ1v) is 6.05. The van der Waals surface area contributed by atoms with Crippen LogP contribution >= 0.6 is 0 Å². The molecule has 0 amide bonds. The molecule has 0 saturated heterocycles. The van der Waals surface area contributed by atoms with Crippen LogP contribution in [0.15, 0.2) is 18.2 Å². The van der Waals surface area contributed by atoms with Crippen LogP contribution in [-0.2, 0) is 9.53 Å². The van der Waals surface area contributed by atoms with Crippen LogP contribution in [0, 0.1) is 13.8 Å². The molecule has 1 aromatic rings. The highest BCUT2D eigenvalue weighted by Crippen LogP contribution is 2.25. The molecule has 0 aromatic heterocycles. The number of ether oxygens (including phenoxy) is 2. The van der Waals surface area contributed by atoms with Crippen molar-refractivity contribution in [3.8, 4) is 5.75 Å². The fraction of sp³-hybridized carbons (Fsp3) is 0.357. The minimum absolute atomic E-state index is 0.231. The summed E-state index contributed by atoms with van der Waals surface area (Å²) < 4.78 is 44.3. The largest absolute Gasteiger partial charge is 0.522 e. The van der Waals surface area contributed by atoms with Gasteiger partial charge in [-0.3, -0.25) is 4.74 Å². The lowest BCUT2D eigenvalue weighted by Crippen LogP contribution is -2.18. The van der Waals surface area contributed by atoms with E-state index in [1.807, 2.05) is 0 Å². The number of aliphatic carboxylic acids is 1. The number of halogens is 3. The summed E-state index contributed by atoms with van der Waals surface area (Å²) in [5.41, 5.74) is 2.07. The SMILES string of the molecule is Cc1cc(C=CC(=O)O)cc(C)c1OCCOC(F)(F)F. The van der Waals surface area contributed by atoms with E-state index in [1.165, 1.54) is 6.08 Å². The molecule has 0 saturated carbocycles. The molecule has 1 aromatic carbocycles. The number of hydrogen-bond donors (Lipinski definition) is 1. The van der Waals surface area contributed by atoms with Crippen molar-refractivity contribution >= 4 is 12.0 Å². The second-order valence-corrected chi connectivity index (χ2v) is 4.30. The molecule has 0 spiro atoms. The summed E-state index contributed by atoms with van der Waals surface area (Å²) in [5.74, 6) is -0.594. The lowest BCUT2D eigenvalue weighted by molar-refractivity contribution is -0.325. The molecular weight excluding hydrogens is 289 g/mol. The fourth-order valence-electron chi connectivity index (χ4n) is 1.78. The molecule has 0 fully saturated rings. The van der Waals surface area contributed by atoms with Gasteiger partial charge in [0.05, 0.1) is 6.61 Å². The summed E-state index contributed by atoms with van der Waals surface area (Å²) in [6.07, 6.45) is -2.23. The monoisotopic (exact) mass is 304 g/mol. The average molecular weight is 304 g/mol. The predicted molar refractivity (Wildman–Crippen MR) is 70.1 cm³/mol. The van der Waals surface area contributed by atoms with Gasteiger partial charge in [0, 0.05) is 6.08 Å². The van der Waals surface area contributed by atoms with Crippen molar-refractivity contribution in [2.45, 2.75) is 20.2 Å². The Labute approximate surface area is 119 Å². The van der Waals surface area contributed by atoms with E-state index in [-0.39, 0.29) is 6.61 Å². The first-order chi connectivity index (χ1) is 9.69. The summed E-state index contributed by atoms with van der Waals surface area (Å²) >= 11 is 0. The molecule has 0 unspecified atom stereocenters. The molecule has 116 valence electrons. The van der Waals surface area contributed by atoms with E-state index in [2.05, 4.69) is 4.74 Å². The zero-order chi connectivity index (χ0) is 16.0. The summed E-state index contributed by atoms with van der Waals surface area (Å²) in [7, 11) is 0. The zero-order valence-corrected chi connectivity index (χ0v) is 11.5. The van der Waals surface area contributed by atoms with Gasteiger partial charge in [0.2, 0.25) is 0 Å². The van der Waals surface area contributed by atoms with Gasteiger partial charge in [-0.15, -0.1) is 13.2 Å². The lowest BCUT2D eigenvalue weighted by Gasteiger charge is -2.14. The Hall–Kier alpha value is -2.02. The van der Waals surface area contributed by atoms with Crippen molar-refractivity contribution in [1.82, 2.24) is 0 Å². The van der Waals surface area contributed by atoms with Gasteiger partial charge in [-0.05, 0) is 48.7 Å². The third-order valence-electron chi connectivity index (χ3n) is 2.50. The summed E-state index contributed by atoms with van der Waals surface area (Å²) in [4.78, 5) is 10.4. The van der Waals surface area contributed by atoms with Crippen molar-refractivity contribution in [2.24, 2.45) is 0 Å². The maximum absolute atomic E-state index is 11.8. The van der Waals surface area contributed by atoms with Crippen molar-refractivity contribution in [2.75, 3.05) is 13.2 Å². The Morgan fingerprint density at radius 3 is 2.29 bits per heavy atom. The van der Waals surface area contributed by atoms with Crippen molar-refractivity contribution in [1.29, 1.82) is 0 Å². The van der Waals surface area contributed by atoms with Gasteiger partial charge in [0.1, 0.15) is 12.4 Å². The second kappa shape index (κ2) is 7.12. The highest BCUT2D eigenvalue weighted by Gasteiger charge is 2.28. The van der Waals surface area contributed by atoms with Crippen LogP contribution in [0.25, 0.3) is 6.08 Å². The number of alkyl halides is 3. The lowest BCUT2D eigenvalue weighted by atomic mass is 10.1.